The van der Waals surface area contributed by atoms with Crippen molar-refractivity contribution < 1.29 is 4.79 Å². The van der Waals surface area contributed by atoms with E-state index < -0.39 is 0 Å². The number of aromatic nitrogens is 2. The summed E-state index contributed by atoms with van der Waals surface area (Å²) >= 11 is 0. The van der Waals surface area contributed by atoms with Gasteiger partial charge < -0.3 is 15.2 Å². The molecule has 18 heavy (non-hydrogen) atoms. The fraction of sp³-hybridized carbons (Fsp3) is 0.692. The normalized spacial score (nSPS) is 12.4. The molecular weight excluding hydrogens is 228 g/mol. The van der Waals surface area contributed by atoms with E-state index in [0.29, 0.717) is 0 Å². The monoisotopic (exact) mass is 252 g/mol. The maximum Gasteiger partial charge on any atom is 0.236 e. The quantitative estimate of drug-likeness (QED) is 0.675. The molecule has 0 saturated heterocycles. The van der Waals surface area contributed by atoms with Crippen LogP contribution >= 0.6 is 0 Å². The van der Waals surface area contributed by atoms with Crippen molar-refractivity contribution in [3.8, 4) is 0 Å². The molecule has 0 spiro atoms. The van der Waals surface area contributed by atoms with E-state index in [1.54, 1.807) is 6.20 Å². The molecule has 1 atom stereocenters. The van der Waals surface area contributed by atoms with Crippen LogP contribution in [0.5, 0.6) is 0 Å². The lowest BCUT2D eigenvalue weighted by Crippen LogP contribution is -2.43. The van der Waals surface area contributed by atoms with Crippen molar-refractivity contribution in [3.63, 3.8) is 0 Å². The lowest BCUT2D eigenvalue weighted by atomic mass is 10.2. The number of nitrogens with zero attached hydrogens (tertiary/aromatic N) is 2. The van der Waals surface area contributed by atoms with Crippen molar-refractivity contribution in [3.05, 3.63) is 18.2 Å². The van der Waals surface area contributed by atoms with Gasteiger partial charge in [-0.3, -0.25) is 4.79 Å². The molecule has 102 valence electrons. The molecule has 5 nitrogen and oxygen atoms in total. The van der Waals surface area contributed by atoms with Crippen LogP contribution in [0.15, 0.2) is 12.4 Å². The summed E-state index contributed by atoms with van der Waals surface area (Å²) in [5, 5.41) is 6.13. The minimum atomic E-state index is -0.151. The van der Waals surface area contributed by atoms with Crippen LogP contribution < -0.4 is 10.6 Å². The molecule has 0 saturated carbocycles. The van der Waals surface area contributed by atoms with E-state index in [-0.39, 0.29) is 11.9 Å². The van der Waals surface area contributed by atoms with Crippen molar-refractivity contribution in [1.82, 2.24) is 20.2 Å². The van der Waals surface area contributed by atoms with Crippen LogP contribution in [-0.4, -0.2) is 34.6 Å². The van der Waals surface area contributed by atoms with Crippen LogP contribution in [0.2, 0.25) is 0 Å². The van der Waals surface area contributed by atoms with Gasteiger partial charge in [0.05, 0.1) is 6.04 Å². The smallest absolute Gasteiger partial charge is 0.236 e. The number of aryl methyl sites for hydroxylation is 1. The molecule has 5 heteroatoms. The summed E-state index contributed by atoms with van der Waals surface area (Å²) < 4.78 is 1.99. The molecule has 1 aromatic heterocycles. The van der Waals surface area contributed by atoms with Gasteiger partial charge in [-0.2, -0.15) is 0 Å². The van der Waals surface area contributed by atoms with Crippen molar-refractivity contribution >= 4 is 5.91 Å². The summed E-state index contributed by atoms with van der Waals surface area (Å²) in [7, 11) is 1.98. The highest BCUT2D eigenvalue weighted by Crippen LogP contribution is 1.94. The number of rotatable bonds is 8. The number of hydrogen-bond acceptors (Lipinski definition) is 3. The predicted molar refractivity (Wildman–Crippen MR) is 72.3 cm³/mol. The third-order valence-corrected chi connectivity index (χ3v) is 2.94. The first-order valence-corrected chi connectivity index (χ1v) is 6.62. The fourth-order valence-corrected chi connectivity index (χ4v) is 1.67. The Bertz CT molecular complexity index is 362. The maximum absolute atomic E-state index is 11.7. The molecule has 1 rings (SSSR count). The average Bonchev–Trinajstić information content (AvgIpc) is 2.75. The predicted octanol–water partition coefficient (Wildman–Crippen LogP) is 0.857. The molecule has 0 aromatic carbocycles. The molecule has 0 fully saturated rings. The average molecular weight is 252 g/mol. The summed E-state index contributed by atoms with van der Waals surface area (Å²) in [6.45, 7) is 5.52. The van der Waals surface area contributed by atoms with E-state index in [9.17, 15) is 4.79 Å². The number of nitrogens with one attached hydrogen (secondary N) is 2. The van der Waals surface area contributed by atoms with Crippen molar-refractivity contribution in [2.45, 2.75) is 39.2 Å². The Kier molecular flexibility index (Phi) is 6.43. The van der Waals surface area contributed by atoms with Crippen molar-refractivity contribution in [2.24, 2.45) is 7.05 Å². The zero-order chi connectivity index (χ0) is 13.4. The van der Waals surface area contributed by atoms with E-state index >= 15 is 0 Å². The van der Waals surface area contributed by atoms with Gasteiger partial charge in [-0.05, 0) is 13.3 Å². The summed E-state index contributed by atoms with van der Waals surface area (Å²) in [5.74, 6) is 1.10. The minimum Gasteiger partial charge on any atom is -0.355 e. The zero-order valence-electron chi connectivity index (χ0n) is 11.6. The van der Waals surface area contributed by atoms with Gasteiger partial charge in [0.2, 0.25) is 5.91 Å². The van der Waals surface area contributed by atoms with Gasteiger partial charge in [-0.1, -0.05) is 13.3 Å². The molecule has 1 amide bonds. The Morgan fingerprint density at radius 1 is 1.50 bits per heavy atom. The first kappa shape index (κ1) is 14.7. The lowest BCUT2D eigenvalue weighted by molar-refractivity contribution is -0.122. The third-order valence-electron chi connectivity index (χ3n) is 2.94. The molecule has 0 aliphatic heterocycles. The van der Waals surface area contributed by atoms with E-state index in [1.165, 1.54) is 0 Å². The van der Waals surface area contributed by atoms with Crippen LogP contribution in [0.4, 0.5) is 0 Å². The van der Waals surface area contributed by atoms with Gasteiger partial charge >= 0.3 is 0 Å². The molecule has 2 N–H and O–H groups in total. The zero-order valence-corrected chi connectivity index (χ0v) is 11.6. The highest BCUT2D eigenvalue weighted by molar-refractivity contribution is 5.81. The summed E-state index contributed by atoms with van der Waals surface area (Å²) in [4.78, 5) is 15.9. The van der Waals surface area contributed by atoms with Gasteiger partial charge in [0, 0.05) is 39.0 Å². The summed E-state index contributed by atoms with van der Waals surface area (Å²) in [6.07, 6.45) is 6.68. The Morgan fingerprint density at radius 3 is 2.89 bits per heavy atom. The van der Waals surface area contributed by atoms with Crippen LogP contribution in [0.25, 0.3) is 0 Å². The molecule has 0 aliphatic carbocycles. The number of carbonyl (C=O) groups excluding carboxylic acids is 1. The van der Waals surface area contributed by atoms with E-state index in [2.05, 4.69) is 22.5 Å². The van der Waals surface area contributed by atoms with E-state index in [0.717, 1.165) is 38.2 Å². The Morgan fingerprint density at radius 2 is 2.28 bits per heavy atom. The number of amides is 1. The molecule has 1 aromatic rings. The highest BCUT2D eigenvalue weighted by atomic mass is 16.2. The largest absolute Gasteiger partial charge is 0.355 e. The maximum atomic E-state index is 11.7. The van der Waals surface area contributed by atoms with Crippen molar-refractivity contribution in [1.29, 1.82) is 0 Å². The van der Waals surface area contributed by atoms with Gasteiger partial charge in [0.1, 0.15) is 5.82 Å². The van der Waals surface area contributed by atoms with Crippen LogP contribution in [0.1, 0.15) is 32.5 Å². The van der Waals surface area contributed by atoms with Crippen LogP contribution in [0, 0.1) is 0 Å². The van der Waals surface area contributed by atoms with Gasteiger partial charge in [-0.25, -0.2) is 4.98 Å². The second-order valence-electron chi connectivity index (χ2n) is 4.52. The van der Waals surface area contributed by atoms with Crippen LogP contribution in [-0.2, 0) is 18.3 Å². The summed E-state index contributed by atoms with van der Waals surface area (Å²) in [6, 6.07) is -0.151. The number of carbonyl (C=O) groups is 1. The second-order valence-corrected chi connectivity index (χ2v) is 4.52. The van der Waals surface area contributed by atoms with E-state index in [4.69, 9.17) is 0 Å². The van der Waals surface area contributed by atoms with Crippen LogP contribution in [0.3, 0.4) is 0 Å². The first-order chi connectivity index (χ1) is 8.65. The van der Waals surface area contributed by atoms with E-state index in [1.807, 2.05) is 24.7 Å². The highest BCUT2D eigenvalue weighted by Gasteiger charge is 2.11. The molecule has 0 aliphatic rings. The molecule has 1 unspecified atom stereocenters. The first-order valence-electron chi connectivity index (χ1n) is 6.62. The van der Waals surface area contributed by atoms with Gasteiger partial charge in [-0.15, -0.1) is 0 Å². The summed E-state index contributed by atoms with van der Waals surface area (Å²) in [5.41, 5.74) is 0. The SMILES string of the molecule is CCCCNC(=O)C(C)NCCc1nccn1C. The number of hydrogen-bond donors (Lipinski definition) is 2. The Balaban J connectivity index is 2.18. The minimum absolute atomic E-state index is 0.0725. The molecule has 0 bridgehead atoms. The van der Waals surface area contributed by atoms with Crippen molar-refractivity contribution in [2.75, 3.05) is 13.1 Å². The second kappa shape index (κ2) is 7.87. The standard InChI is InChI=1S/C13H24N4O/c1-4-5-7-16-13(18)11(2)14-8-6-12-15-9-10-17(12)3/h9-11,14H,4-8H2,1-3H3,(H,16,18). The molecule has 1 heterocycles. The topological polar surface area (TPSA) is 59.0 Å². The molecule has 0 radical (unpaired) electrons. The number of unbranched alkanes of at least 4 members (excludes halogenated alkanes) is 1. The lowest BCUT2D eigenvalue weighted by Gasteiger charge is -2.13. The number of imidazole rings is 1. The fourth-order valence-electron chi connectivity index (χ4n) is 1.67. The molecular formula is C13H24N4O. The third kappa shape index (κ3) is 4.87. The Hall–Kier alpha value is -1.36. The van der Waals surface area contributed by atoms with Gasteiger partial charge in [0.15, 0.2) is 0 Å². The Labute approximate surface area is 109 Å². The van der Waals surface area contributed by atoms with Gasteiger partial charge in [0.25, 0.3) is 0 Å².